The third-order valence-corrected chi connectivity index (χ3v) is 3.65. The molecule has 1 fully saturated rings. The lowest BCUT2D eigenvalue weighted by atomic mass is 9.91. The standard InChI is InChI=1S/C13H18ClN3O/c14-12-5-4-10(7-11(12)13(16)18)17-9-3-1-2-8(15)6-9/h4-5,7-9,17H,1-3,6,15H2,(H2,16,18). The van der Waals surface area contributed by atoms with Crippen LogP contribution in [0.2, 0.25) is 5.02 Å². The van der Waals surface area contributed by atoms with Gasteiger partial charge >= 0.3 is 0 Å². The number of halogens is 1. The van der Waals surface area contributed by atoms with Crippen molar-refractivity contribution in [3.05, 3.63) is 28.8 Å². The van der Waals surface area contributed by atoms with Crippen molar-refractivity contribution in [3.8, 4) is 0 Å². The van der Waals surface area contributed by atoms with Crippen molar-refractivity contribution in [2.45, 2.75) is 37.8 Å². The van der Waals surface area contributed by atoms with E-state index < -0.39 is 5.91 Å². The van der Waals surface area contributed by atoms with Crippen molar-refractivity contribution < 1.29 is 4.79 Å². The quantitative estimate of drug-likeness (QED) is 0.785. The molecule has 2 rings (SSSR count). The van der Waals surface area contributed by atoms with Crippen molar-refractivity contribution in [3.63, 3.8) is 0 Å². The molecule has 0 bridgehead atoms. The molecule has 1 aliphatic carbocycles. The number of carbonyl (C=O) groups is 1. The maximum absolute atomic E-state index is 11.2. The van der Waals surface area contributed by atoms with Crippen LogP contribution in [0.4, 0.5) is 5.69 Å². The Morgan fingerprint density at radius 2 is 2.17 bits per heavy atom. The molecule has 4 nitrogen and oxygen atoms in total. The summed E-state index contributed by atoms with van der Waals surface area (Å²) in [5, 5.41) is 3.77. The van der Waals surface area contributed by atoms with E-state index >= 15 is 0 Å². The zero-order valence-corrected chi connectivity index (χ0v) is 10.9. The summed E-state index contributed by atoms with van der Waals surface area (Å²) in [7, 11) is 0. The van der Waals surface area contributed by atoms with Gasteiger partial charge in [0.05, 0.1) is 10.6 Å². The summed E-state index contributed by atoms with van der Waals surface area (Å²) in [4.78, 5) is 11.2. The molecule has 0 heterocycles. The number of carbonyl (C=O) groups excluding carboxylic acids is 1. The van der Waals surface area contributed by atoms with Gasteiger partial charge in [-0.25, -0.2) is 0 Å². The van der Waals surface area contributed by atoms with Crippen LogP contribution in [-0.2, 0) is 0 Å². The highest BCUT2D eigenvalue weighted by Crippen LogP contribution is 2.24. The van der Waals surface area contributed by atoms with Gasteiger partial charge < -0.3 is 16.8 Å². The molecule has 1 aromatic rings. The third kappa shape index (κ3) is 3.15. The van der Waals surface area contributed by atoms with E-state index in [1.54, 1.807) is 12.1 Å². The first-order valence-corrected chi connectivity index (χ1v) is 6.55. The summed E-state index contributed by atoms with van der Waals surface area (Å²) in [6, 6.07) is 5.86. The molecule has 1 aromatic carbocycles. The van der Waals surface area contributed by atoms with Gasteiger partial charge in [0.2, 0.25) is 5.91 Å². The minimum atomic E-state index is -0.510. The molecular weight excluding hydrogens is 250 g/mol. The third-order valence-electron chi connectivity index (χ3n) is 3.32. The predicted molar refractivity (Wildman–Crippen MR) is 73.8 cm³/mol. The molecule has 5 N–H and O–H groups in total. The van der Waals surface area contributed by atoms with E-state index in [0.717, 1.165) is 31.4 Å². The topological polar surface area (TPSA) is 81.1 Å². The average Bonchev–Trinajstić information content (AvgIpc) is 2.31. The Labute approximate surface area is 112 Å². The van der Waals surface area contributed by atoms with Crippen LogP contribution in [-0.4, -0.2) is 18.0 Å². The van der Waals surface area contributed by atoms with E-state index in [2.05, 4.69) is 5.32 Å². The van der Waals surface area contributed by atoms with Gasteiger partial charge in [-0.1, -0.05) is 11.6 Å². The smallest absolute Gasteiger partial charge is 0.250 e. The molecule has 98 valence electrons. The lowest BCUT2D eigenvalue weighted by molar-refractivity contribution is 0.100. The summed E-state index contributed by atoms with van der Waals surface area (Å²) >= 11 is 5.91. The van der Waals surface area contributed by atoms with E-state index in [4.69, 9.17) is 23.1 Å². The van der Waals surface area contributed by atoms with Crippen molar-refractivity contribution in [2.24, 2.45) is 11.5 Å². The molecule has 0 saturated heterocycles. The summed E-state index contributed by atoms with van der Waals surface area (Å²) in [5.41, 5.74) is 12.4. The number of primary amides is 1. The average molecular weight is 268 g/mol. The summed E-state index contributed by atoms with van der Waals surface area (Å²) < 4.78 is 0. The van der Waals surface area contributed by atoms with Crippen molar-refractivity contribution in [1.29, 1.82) is 0 Å². The first-order valence-electron chi connectivity index (χ1n) is 6.17. The second kappa shape index (κ2) is 5.59. The Morgan fingerprint density at radius 1 is 1.39 bits per heavy atom. The predicted octanol–water partition coefficient (Wildman–Crippen LogP) is 2.12. The first-order chi connectivity index (χ1) is 8.56. The van der Waals surface area contributed by atoms with Crippen molar-refractivity contribution >= 4 is 23.2 Å². The van der Waals surface area contributed by atoms with Gasteiger partial charge in [-0.05, 0) is 43.9 Å². The van der Waals surface area contributed by atoms with Crippen LogP contribution in [0.3, 0.4) is 0 Å². The number of amides is 1. The van der Waals surface area contributed by atoms with Gasteiger partial charge in [0.1, 0.15) is 0 Å². The molecule has 2 unspecified atom stereocenters. The van der Waals surface area contributed by atoms with Crippen LogP contribution < -0.4 is 16.8 Å². The molecule has 1 aliphatic rings. The molecule has 5 heteroatoms. The summed E-state index contributed by atoms with van der Waals surface area (Å²) in [6.07, 6.45) is 4.27. The highest BCUT2D eigenvalue weighted by molar-refractivity contribution is 6.33. The van der Waals surface area contributed by atoms with Gasteiger partial charge in [-0.2, -0.15) is 0 Å². The highest BCUT2D eigenvalue weighted by atomic mass is 35.5. The molecule has 2 atom stereocenters. The van der Waals surface area contributed by atoms with E-state index in [1.807, 2.05) is 6.07 Å². The minimum absolute atomic E-state index is 0.263. The van der Waals surface area contributed by atoms with Crippen molar-refractivity contribution in [1.82, 2.24) is 0 Å². The number of hydrogen-bond acceptors (Lipinski definition) is 3. The van der Waals surface area contributed by atoms with E-state index in [-0.39, 0.29) is 6.04 Å². The summed E-state index contributed by atoms with van der Waals surface area (Å²) in [6.45, 7) is 0. The maximum Gasteiger partial charge on any atom is 0.250 e. The molecule has 0 spiro atoms. The SMILES string of the molecule is NC(=O)c1cc(NC2CCCC(N)C2)ccc1Cl. The van der Waals surface area contributed by atoms with Crippen LogP contribution in [0.15, 0.2) is 18.2 Å². The van der Waals surface area contributed by atoms with Crippen LogP contribution in [0.1, 0.15) is 36.0 Å². The van der Waals surface area contributed by atoms with Crippen LogP contribution in [0.25, 0.3) is 0 Å². The first kappa shape index (κ1) is 13.2. The Bertz CT molecular complexity index is 450. The van der Waals surface area contributed by atoms with Crippen molar-refractivity contribution in [2.75, 3.05) is 5.32 Å². The van der Waals surface area contributed by atoms with Gasteiger partial charge in [-0.15, -0.1) is 0 Å². The zero-order chi connectivity index (χ0) is 13.1. The normalized spacial score (nSPS) is 23.7. The zero-order valence-electron chi connectivity index (χ0n) is 10.2. The number of hydrogen-bond donors (Lipinski definition) is 3. The molecule has 1 saturated carbocycles. The van der Waals surface area contributed by atoms with Gasteiger partial charge in [-0.3, -0.25) is 4.79 Å². The Morgan fingerprint density at radius 3 is 2.83 bits per heavy atom. The van der Waals surface area contributed by atoms with Gasteiger partial charge in [0.15, 0.2) is 0 Å². The Kier molecular flexibility index (Phi) is 4.09. The molecule has 0 aromatic heterocycles. The molecule has 0 aliphatic heterocycles. The van der Waals surface area contributed by atoms with Crippen LogP contribution >= 0.6 is 11.6 Å². The fourth-order valence-electron chi connectivity index (χ4n) is 2.40. The Hall–Kier alpha value is -1.26. The second-order valence-electron chi connectivity index (χ2n) is 4.83. The monoisotopic (exact) mass is 267 g/mol. The molecular formula is C13H18ClN3O. The van der Waals surface area contributed by atoms with E-state index in [0.29, 0.717) is 16.6 Å². The number of rotatable bonds is 3. The van der Waals surface area contributed by atoms with Crippen LogP contribution in [0, 0.1) is 0 Å². The molecule has 1 amide bonds. The lowest BCUT2D eigenvalue weighted by Crippen LogP contribution is -2.34. The largest absolute Gasteiger partial charge is 0.382 e. The van der Waals surface area contributed by atoms with E-state index in [1.165, 1.54) is 0 Å². The maximum atomic E-state index is 11.2. The summed E-state index contributed by atoms with van der Waals surface area (Å²) in [5.74, 6) is -0.510. The molecule has 0 radical (unpaired) electrons. The lowest BCUT2D eigenvalue weighted by Gasteiger charge is -2.28. The second-order valence-corrected chi connectivity index (χ2v) is 5.23. The Balaban J connectivity index is 2.09. The highest BCUT2D eigenvalue weighted by Gasteiger charge is 2.19. The van der Waals surface area contributed by atoms with Gasteiger partial charge in [0, 0.05) is 17.8 Å². The van der Waals surface area contributed by atoms with Crippen LogP contribution in [0.5, 0.6) is 0 Å². The van der Waals surface area contributed by atoms with E-state index in [9.17, 15) is 4.79 Å². The number of anilines is 1. The molecule has 18 heavy (non-hydrogen) atoms. The fourth-order valence-corrected chi connectivity index (χ4v) is 2.61. The van der Waals surface area contributed by atoms with Gasteiger partial charge in [0.25, 0.3) is 0 Å². The number of nitrogens with one attached hydrogen (secondary N) is 1. The minimum Gasteiger partial charge on any atom is -0.382 e. The fraction of sp³-hybridized carbons (Fsp3) is 0.462. The number of nitrogens with two attached hydrogens (primary N) is 2. The number of benzene rings is 1.